The molecule has 10 heteroatoms. The number of benzene rings is 4. The Hall–Kier alpha value is -5.38. The van der Waals surface area contributed by atoms with Gasteiger partial charge >= 0.3 is 0 Å². The summed E-state index contributed by atoms with van der Waals surface area (Å²) in [6.07, 6.45) is 0. The second-order valence-corrected chi connectivity index (χ2v) is 8.29. The number of phenolic OH excluding ortho intramolecular Hbond substituents is 2. The van der Waals surface area contributed by atoms with Crippen molar-refractivity contribution in [1.29, 1.82) is 0 Å². The normalized spacial score (nSPS) is 10.5. The van der Waals surface area contributed by atoms with Crippen LogP contribution in [0.2, 0.25) is 0 Å². The average Bonchev–Trinajstić information content (AvgIpc) is 2.92. The molecule has 8 N–H and O–H groups in total. The molecule has 0 atom stereocenters. The van der Waals surface area contributed by atoms with E-state index >= 15 is 0 Å². The Bertz CT molecular complexity index is 1420. The minimum Gasteiger partial charge on any atom is -0.506 e. The summed E-state index contributed by atoms with van der Waals surface area (Å²) < 4.78 is 11.0. The molecule has 38 heavy (non-hydrogen) atoms. The third-order valence-electron chi connectivity index (χ3n) is 5.81. The Labute approximate surface area is 218 Å². The van der Waals surface area contributed by atoms with Crippen LogP contribution in [0.25, 0.3) is 11.1 Å². The SMILES string of the molecule is COc1cc(-c2ccc(NC(=O)c3ccc(O)c(N)c3)c(OC)c2)ccc1NC(=O)c1ccc(O)c(N)c1. The largest absolute Gasteiger partial charge is 0.506 e. The minimum atomic E-state index is -0.417. The molecule has 0 fully saturated rings. The predicted molar refractivity (Wildman–Crippen MR) is 146 cm³/mol. The van der Waals surface area contributed by atoms with Crippen LogP contribution in [0.15, 0.2) is 72.8 Å². The monoisotopic (exact) mass is 514 g/mol. The Morgan fingerprint density at radius 3 is 1.37 bits per heavy atom. The highest BCUT2D eigenvalue weighted by atomic mass is 16.5. The Kier molecular flexibility index (Phi) is 7.24. The van der Waals surface area contributed by atoms with Gasteiger partial charge in [0.2, 0.25) is 0 Å². The van der Waals surface area contributed by atoms with E-state index in [9.17, 15) is 19.8 Å². The highest BCUT2D eigenvalue weighted by Gasteiger charge is 2.15. The first-order valence-electron chi connectivity index (χ1n) is 11.4. The topological polar surface area (TPSA) is 169 Å². The van der Waals surface area contributed by atoms with Crippen molar-refractivity contribution in [3.05, 3.63) is 83.9 Å². The fourth-order valence-corrected chi connectivity index (χ4v) is 3.73. The molecule has 0 heterocycles. The third-order valence-corrected chi connectivity index (χ3v) is 5.81. The second kappa shape index (κ2) is 10.7. The van der Waals surface area contributed by atoms with Gasteiger partial charge in [-0.15, -0.1) is 0 Å². The zero-order valence-corrected chi connectivity index (χ0v) is 20.6. The summed E-state index contributed by atoms with van der Waals surface area (Å²) in [4.78, 5) is 25.3. The van der Waals surface area contributed by atoms with Gasteiger partial charge in [-0.3, -0.25) is 9.59 Å². The number of phenols is 2. The van der Waals surface area contributed by atoms with Crippen molar-refractivity contribution in [3.8, 4) is 34.1 Å². The second-order valence-electron chi connectivity index (χ2n) is 8.29. The lowest BCUT2D eigenvalue weighted by Crippen LogP contribution is -2.13. The molecule has 0 aliphatic carbocycles. The Balaban J connectivity index is 1.56. The van der Waals surface area contributed by atoms with Crippen molar-refractivity contribution in [2.24, 2.45) is 0 Å². The zero-order chi connectivity index (χ0) is 27.4. The number of carbonyl (C=O) groups excluding carboxylic acids is 2. The first kappa shape index (κ1) is 25.7. The van der Waals surface area contributed by atoms with Gasteiger partial charge in [0, 0.05) is 11.1 Å². The van der Waals surface area contributed by atoms with E-state index in [2.05, 4.69) is 10.6 Å². The fourth-order valence-electron chi connectivity index (χ4n) is 3.73. The molecular formula is C28H26N4O6. The van der Waals surface area contributed by atoms with Crippen molar-refractivity contribution in [2.75, 3.05) is 36.3 Å². The van der Waals surface area contributed by atoms with Gasteiger partial charge in [-0.05, 0) is 71.8 Å². The number of nitrogen functional groups attached to an aromatic ring is 2. The summed E-state index contributed by atoms with van der Waals surface area (Å²) >= 11 is 0. The number of nitrogens with one attached hydrogen (secondary N) is 2. The van der Waals surface area contributed by atoms with Crippen LogP contribution >= 0.6 is 0 Å². The van der Waals surface area contributed by atoms with E-state index in [-0.39, 0.29) is 34.0 Å². The average molecular weight is 515 g/mol. The Morgan fingerprint density at radius 2 is 1.03 bits per heavy atom. The number of methoxy groups -OCH3 is 2. The van der Waals surface area contributed by atoms with Crippen molar-refractivity contribution in [2.45, 2.75) is 0 Å². The number of amides is 2. The van der Waals surface area contributed by atoms with Gasteiger partial charge in [0.25, 0.3) is 11.8 Å². The van der Waals surface area contributed by atoms with Crippen molar-refractivity contribution >= 4 is 34.6 Å². The van der Waals surface area contributed by atoms with Crippen molar-refractivity contribution < 1.29 is 29.3 Å². The number of hydrogen-bond donors (Lipinski definition) is 6. The van der Waals surface area contributed by atoms with Gasteiger partial charge in [0.1, 0.15) is 23.0 Å². The fraction of sp³-hybridized carbons (Fsp3) is 0.0714. The molecule has 0 aromatic heterocycles. The molecule has 4 aromatic rings. The predicted octanol–water partition coefficient (Wildman–Crippen LogP) is 4.45. The van der Waals surface area contributed by atoms with Crippen LogP contribution in [-0.2, 0) is 0 Å². The number of hydrogen-bond acceptors (Lipinski definition) is 8. The maximum atomic E-state index is 12.7. The molecule has 4 rings (SSSR count). The van der Waals surface area contributed by atoms with Gasteiger partial charge in [-0.25, -0.2) is 0 Å². The van der Waals surface area contributed by atoms with E-state index in [4.69, 9.17) is 20.9 Å². The molecular weight excluding hydrogens is 488 g/mol. The number of nitrogens with two attached hydrogens (primary N) is 2. The molecule has 0 spiro atoms. The maximum Gasteiger partial charge on any atom is 0.255 e. The molecule has 4 aromatic carbocycles. The van der Waals surface area contributed by atoms with Crippen LogP contribution in [0.3, 0.4) is 0 Å². The molecule has 0 saturated carbocycles. The quantitative estimate of drug-likeness (QED) is 0.155. The van der Waals surface area contributed by atoms with E-state index in [1.54, 1.807) is 36.4 Å². The number of ether oxygens (including phenoxy) is 2. The summed E-state index contributed by atoms with van der Waals surface area (Å²) in [5.41, 5.74) is 14.6. The highest BCUT2D eigenvalue weighted by molar-refractivity contribution is 6.06. The summed E-state index contributed by atoms with van der Waals surface area (Å²) in [5.74, 6) is -0.198. The van der Waals surface area contributed by atoms with Crippen molar-refractivity contribution in [1.82, 2.24) is 0 Å². The van der Waals surface area contributed by atoms with Crippen LogP contribution in [-0.4, -0.2) is 36.2 Å². The van der Waals surface area contributed by atoms with Gasteiger partial charge in [-0.2, -0.15) is 0 Å². The number of aromatic hydroxyl groups is 2. The Morgan fingerprint density at radius 1 is 0.632 bits per heavy atom. The van der Waals surface area contributed by atoms with Crippen LogP contribution in [0.5, 0.6) is 23.0 Å². The first-order chi connectivity index (χ1) is 18.2. The minimum absolute atomic E-state index is 0.0979. The first-order valence-corrected chi connectivity index (χ1v) is 11.4. The third kappa shape index (κ3) is 5.39. The molecule has 0 saturated heterocycles. The molecule has 10 nitrogen and oxygen atoms in total. The van der Waals surface area contributed by atoms with E-state index in [0.717, 1.165) is 11.1 Å². The summed E-state index contributed by atoms with van der Waals surface area (Å²) in [7, 11) is 2.98. The summed E-state index contributed by atoms with van der Waals surface area (Å²) in [6.45, 7) is 0. The molecule has 0 unspecified atom stereocenters. The lowest BCUT2D eigenvalue weighted by Gasteiger charge is -2.15. The van der Waals surface area contributed by atoms with E-state index in [0.29, 0.717) is 22.9 Å². The van der Waals surface area contributed by atoms with Crippen LogP contribution < -0.4 is 31.6 Å². The van der Waals surface area contributed by atoms with Crippen LogP contribution in [0, 0.1) is 0 Å². The molecule has 194 valence electrons. The van der Waals surface area contributed by atoms with E-state index in [1.165, 1.54) is 50.6 Å². The lowest BCUT2D eigenvalue weighted by atomic mass is 10.0. The van der Waals surface area contributed by atoms with Gasteiger partial charge < -0.3 is 41.8 Å². The molecule has 0 aliphatic heterocycles. The molecule has 2 amide bonds. The van der Waals surface area contributed by atoms with E-state index < -0.39 is 11.8 Å². The lowest BCUT2D eigenvalue weighted by molar-refractivity contribution is 0.101. The molecule has 0 bridgehead atoms. The van der Waals surface area contributed by atoms with Crippen LogP contribution in [0.4, 0.5) is 22.7 Å². The number of anilines is 4. The number of carbonyl (C=O) groups is 2. The standard InChI is InChI=1S/C28H26N4O6/c1-37-25-13-15(3-7-21(25)31-27(35)17-5-9-23(33)19(29)11-17)16-4-8-22(26(14-16)38-2)32-28(36)18-6-10-24(34)20(30)12-18/h3-14,33-34H,29-30H2,1-2H3,(H,31,35)(H,32,36). The van der Waals surface area contributed by atoms with E-state index in [1.807, 2.05) is 0 Å². The highest BCUT2D eigenvalue weighted by Crippen LogP contribution is 2.35. The van der Waals surface area contributed by atoms with Gasteiger partial charge in [0.15, 0.2) is 0 Å². The molecule has 0 aliphatic rings. The molecule has 0 radical (unpaired) electrons. The summed E-state index contributed by atoms with van der Waals surface area (Å²) in [5, 5.41) is 24.7. The van der Waals surface area contributed by atoms with Crippen LogP contribution in [0.1, 0.15) is 20.7 Å². The number of rotatable bonds is 7. The summed E-state index contributed by atoms with van der Waals surface area (Å²) in [6, 6.07) is 18.9. The van der Waals surface area contributed by atoms with Gasteiger partial charge in [-0.1, -0.05) is 12.1 Å². The smallest absolute Gasteiger partial charge is 0.255 e. The van der Waals surface area contributed by atoms with Gasteiger partial charge in [0.05, 0.1) is 37.0 Å². The van der Waals surface area contributed by atoms with Crippen molar-refractivity contribution in [3.63, 3.8) is 0 Å². The zero-order valence-electron chi connectivity index (χ0n) is 20.6. The maximum absolute atomic E-state index is 12.7.